The second-order valence-electron chi connectivity index (χ2n) is 2.80. The molecule has 0 aliphatic carbocycles. The normalized spacial score (nSPS) is 12.0. The van der Waals surface area contributed by atoms with Gasteiger partial charge < -0.3 is 13.6 Å². The van der Waals surface area contributed by atoms with Crippen molar-refractivity contribution in [2.75, 3.05) is 27.4 Å². The lowest BCUT2D eigenvalue weighted by molar-refractivity contribution is 0.152. The first-order chi connectivity index (χ1) is 5.12. The zero-order chi connectivity index (χ0) is 8.74. The SMILES string of the molecule is COCCCO[Si](C)(C)OC. The van der Waals surface area contributed by atoms with Gasteiger partial charge in [0.15, 0.2) is 0 Å². The predicted molar refractivity (Wildman–Crippen MR) is 46.9 cm³/mol. The molecule has 0 unspecified atom stereocenters. The molecule has 11 heavy (non-hydrogen) atoms. The van der Waals surface area contributed by atoms with Crippen molar-refractivity contribution in [2.24, 2.45) is 0 Å². The molecule has 68 valence electrons. The summed E-state index contributed by atoms with van der Waals surface area (Å²) in [5, 5.41) is 0. The summed E-state index contributed by atoms with van der Waals surface area (Å²) in [4.78, 5) is 0. The van der Waals surface area contributed by atoms with Crippen LogP contribution in [0.5, 0.6) is 0 Å². The average molecular weight is 178 g/mol. The van der Waals surface area contributed by atoms with Crippen LogP contribution in [0.4, 0.5) is 0 Å². The van der Waals surface area contributed by atoms with Crippen LogP contribution in [0.15, 0.2) is 0 Å². The van der Waals surface area contributed by atoms with Crippen molar-refractivity contribution in [1.29, 1.82) is 0 Å². The van der Waals surface area contributed by atoms with Crippen LogP contribution in [-0.2, 0) is 13.6 Å². The summed E-state index contributed by atoms with van der Waals surface area (Å²) in [6, 6.07) is 0. The Morgan fingerprint density at radius 1 is 1.09 bits per heavy atom. The quantitative estimate of drug-likeness (QED) is 0.454. The standard InChI is InChI=1S/C7H18O3Si/c1-8-6-5-7-10-11(3,4)9-2/h5-7H2,1-4H3. The van der Waals surface area contributed by atoms with E-state index in [0.717, 1.165) is 19.6 Å². The van der Waals surface area contributed by atoms with E-state index in [1.165, 1.54) is 0 Å². The van der Waals surface area contributed by atoms with Gasteiger partial charge in [0.25, 0.3) is 0 Å². The molecule has 0 atom stereocenters. The average Bonchev–Trinajstić information content (AvgIpc) is 1.99. The highest BCUT2D eigenvalue weighted by Gasteiger charge is 2.21. The molecule has 0 spiro atoms. The summed E-state index contributed by atoms with van der Waals surface area (Å²) in [5.74, 6) is 0. The molecule has 0 bridgehead atoms. The highest BCUT2D eigenvalue weighted by molar-refractivity contribution is 6.64. The second-order valence-corrected chi connectivity index (χ2v) is 6.30. The zero-order valence-electron chi connectivity index (χ0n) is 7.85. The molecule has 0 radical (unpaired) electrons. The lowest BCUT2D eigenvalue weighted by Crippen LogP contribution is -2.33. The molecule has 0 heterocycles. The van der Waals surface area contributed by atoms with Gasteiger partial charge in [0, 0.05) is 27.4 Å². The third kappa shape index (κ3) is 6.49. The van der Waals surface area contributed by atoms with Crippen molar-refractivity contribution < 1.29 is 13.6 Å². The third-order valence-corrected chi connectivity index (χ3v) is 3.32. The molecule has 0 N–H and O–H groups in total. The van der Waals surface area contributed by atoms with E-state index in [1.807, 2.05) is 13.1 Å². The predicted octanol–water partition coefficient (Wildman–Crippen LogP) is 1.39. The topological polar surface area (TPSA) is 27.7 Å². The summed E-state index contributed by atoms with van der Waals surface area (Å²) >= 11 is 0. The van der Waals surface area contributed by atoms with E-state index in [-0.39, 0.29) is 0 Å². The Kier molecular flexibility index (Phi) is 5.76. The first kappa shape index (κ1) is 11.1. The highest BCUT2D eigenvalue weighted by atomic mass is 28.4. The largest absolute Gasteiger partial charge is 0.398 e. The molecule has 0 aromatic rings. The minimum atomic E-state index is -1.78. The zero-order valence-corrected chi connectivity index (χ0v) is 8.85. The van der Waals surface area contributed by atoms with E-state index in [9.17, 15) is 0 Å². The maximum Gasteiger partial charge on any atom is 0.331 e. The van der Waals surface area contributed by atoms with Crippen LogP contribution in [-0.4, -0.2) is 36.0 Å². The fourth-order valence-corrected chi connectivity index (χ4v) is 1.33. The van der Waals surface area contributed by atoms with Crippen molar-refractivity contribution in [2.45, 2.75) is 19.5 Å². The molecule has 3 nitrogen and oxygen atoms in total. The fraction of sp³-hybridized carbons (Fsp3) is 1.00. The van der Waals surface area contributed by atoms with Gasteiger partial charge in [-0.05, 0) is 19.5 Å². The summed E-state index contributed by atoms with van der Waals surface area (Å²) in [6.07, 6.45) is 0.941. The van der Waals surface area contributed by atoms with Crippen molar-refractivity contribution >= 4 is 8.56 Å². The van der Waals surface area contributed by atoms with Crippen LogP contribution >= 0.6 is 0 Å². The molecule has 0 amide bonds. The van der Waals surface area contributed by atoms with Gasteiger partial charge in [-0.15, -0.1) is 0 Å². The molecule has 0 fully saturated rings. The van der Waals surface area contributed by atoms with Crippen LogP contribution in [0.25, 0.3) is 0 Å². The van der Waals surface area contributed by atoms with Gasteiger partial charge in [-0.3, -0.25) is 0 Å². The molecule has 0 saturated heterocycles. The minimum absolute atomic E-state index is 0.737. The summed E-state index contributed by atoms with van der Waals surface area (Å²) < 4.78 is 15.6. The van der Waals surface area contributed by atoms with Crippen LogP contribution in [0, 0.1) is 0 Å². The van der Waals surface area contributed by atoms with Crippen molar-refractivity contribution in [3.63, 3.8) is 0 Å². The summed E-state index contributed by atoms with van der Waals surface area (Å²) in [6.45, 7) is 5.55. The van der Waals surface area contributed by atoms with E-state index < -0.39 is 8.56 Å². The molecular formula is C7H18O3Si. The van der Waals surface area contributed by atoms with Crippen molar-refractivity contribution in [1.82, 2.24) is 0 Å². The van der Waals surface area contributed by atoms with Crippen molar-refractivity contribution in [3.05, 3.63) is 0 Å². The molecule has 0 rings (SSSR count). The molecule has 0 aliphatic heterocycles. The number of rotatable bonds is 6. The monoisotopic (exact) mass is 178 g/mol. The van der Waals surface area contributed by atoms with E-state index in [4.69, 9.17) is 13.6 Å². The van der Waals surface area contributed by atoms with Gasteiger partial charge in [0.05, 0.1) is 0 Å². The Morgan fingerprint density at radius 3 is 2.18 bits per heavy atom. The summed E-state index contributed by atoms with van der Waals surface area (Å²) in [7, 11) is 1.61. The first-order valence-electron chi connectivity index (χ1n) is 3.80. The third-order valence-electron chi connectivity index (χ3n) is 1.43. The Morgan fingerprint density at radius 2 is 1.73 bits per heavy atom. The van der Waals surface area contributed by atoms with Gasteiger partial charge in [-0.1, -0.05) is 0 Å². The van der Waals surface area contributed by atoms with Crippen LogP contribution in [0.2, 0.25) is 13.1 Å². The molecule has 0 aromatic heterocycles. The molecule has 4 heteroatoms. The Hall–Kier alpha value is 0.0969. The highest BCUT2D eigenvalue weighted by Crippen LogP contribution is 2.04. The number of methoxy groups -OCH3 is 1. The van der Waals surface area contributed by atoms with Crippen molar-refractivity contribution in [3.8, 4) is 0 Å². The number of hydrogen-bond donors (Lipinski definition) is 0. The van der Waals surface area contributed by atoms with Gasteiger partial charge in [0.1, 0.15) is 0 Å². The molecule has 0 aromatic carbocycles. The molecular weight excluding hydrogens is 160 g/mol. The molecule has 0 aliphatic rings. The number of hydrogen-bond acceptors (Lipinski definition) is 3. The maximum atomic E-state index is 5.52. The van der Waals surface area contributed by atoms with Gasteiger partial charge in [0.2, 0.25) is 0 Å². The maximum absolute atomic E-state index is 5.52. The Labute approximate surface area is 69.9 Å². The lowest BCUT2D eigenvalue weighted by atomic mass is 10.5. The first-order valence-corrected chi connectivity index (χ1v) is 6.62. The van der Waals surface area contributed by atoms with Gasteiger partial charge in [-0.25, -0.2) is 0 Å². The number of ether oxygens (including phenoxy) is 1. The van der Waals surface area contributed by atoms with E-state index >= 15 is 0 Å². The second kappa shape index (κ2) is 5.71. The Bertz CT molecular complexity index is 95.7. The van der Waals surface area contributed by atoms with Gasteiger partial charge >= 0.3 is 8.56 Å². The van der Waals surface area contributed by atoms with Gasteiger partial charge in [-0.2, -0.15) is 0 Å². The van der Waals surface area contributed by atoms with Crippen LogP contribution < -0.4 is 0 Å². The van der Waals surface area contributed by atoms with E-state index in [2.05, 4.69) is 0 Å². The molecule has 0 saturated carbocycles. The smallest absolute Gasteiger partial charge is 0.331 e. The van der Waals surface area contributed by atoms with Crippen LogP contribution in [0.1, 0.15) is 6.42 Å². The summed E-state index contributed by atoms with van der Waals surface area (Å²) in [5.41, 5.74) is 0. The van der Waals surface area contributed by atoms with Crippen LogP contribution in [0.3, 0.4) is 0 Å². The minimum Gasteiger partial charge on any atom is -0.398 e. The van der Waals surface area contributed by atoms with E-state index in [0.29, 0.717) is 0 Å². The Balaban J connectivity index is 3.23. The lowest BCUT2D eigenvalue weighted by Gasteiger charge is -2.19. The fourth-order valence-electron chi connectivity index (χ4n) is 0.580. The van der Waals surface area contributed by atoms with E-state index in [1.54, 1.807) is 14.2 Å².